The van der Waals surface area contributed by atoms with Gasteiger partial charge < -0.3 is 9.32 Å². The molecule has 1 aromatic heterocycles. The molecule has 4 rings (SSSR count). The van der Waals surface area contributed by atoms with Gasteiger partial charge in [0.25, 0.3) is 5.91 Å². The van der Waals surface area contributed by atoms with E-state index in [1.165, 1.54) is 0 Å². The highest BCUT2D eigenvalue weighted by Gasteiger charge is 2.35. The van der Waals surface area contributed by atoms with E-state index in [0.717, 1.165) is 10.9 Å². The molecule has 3 aromatic rings. The molecule has 5 nitrogen and oxygen atoms in total. The highest BCUT2D eigenvalue weighted by Crippen LogP contribution is 2.24. The molecule has 0 bridgehead atoms. The van der Waals surface area contributed by atoms with Crippen molar-refractivity contribution in [2.45, 2.75) is 18.9 Å². The van der Waals surface area contributed by atoms with E-state index in [2.05, 4.69) is 0 Å². The molecule has 1 fully saturated rings. The number of para-hydroxylation sites is 1. The number of sulfone groups is 1. The third-order valence-electron chi connectivity index (χ3n) is 5.03. The minimum absolute atomic E-state index is 0.0216. The van der Waals surface area contributed by atoms with Crippen LogP contribution in [0.5, 0.6) is 0 Å². The minimum Gasteiger partial charge on any atom is -0.451 e. The molecule has 1 aliphatic rings. The summed E-state index contributed by atoms with van der Waals surface area (Å²) in [7, 11) is -3.09. The number of carbonyl (C=O) groups excluding carboxylic acids is 1. The van der Waals surface area contributed by atoms with Crippen molar-refractivity contribution >= 4 is 26.7 Å². The van der Waals surface area contributed by atoms with E-state index in [1.54, 1.807) is 11.0 Å². The highest BCUT2D eigenvalue weighted by molar-refractivity contribution is 7.91. The van der Waals surface area contributed by atoms with E-state index in [1.807, 2.05) is 54.6 Å². The first-order valence-corrected chi connectivity index (χ1v) is 10.9. The van der Waals surface area contributed by atoms with Crippen molar-refractivity contribution < 1.29 is 17.6 Å². The lowest BCUT2D eigenvalue weighted by Gasteiger charge is -2.27. The van der Waals surface area contributed by atoms with Gasteiger partial charge in [-0.15, -0.1) is 0 Å². The Morgan fingerprint density at radius 3 is 2.52 bits per heavy atom. The fourth-order valence-corrected chi connectivity index (χ4v) is 5.32. The van der Waals surface area contributed by atoms with Gasteiger partial charge in [0, 0.05) is 18.0 Å². The van der Waals surface area contributed by atoms with E-state index in [0.29, 0.717) is 25.0 Å². The van der Waals surface area contributed by atoms with Crippen molar-refractivity contribution in [1.29, 1.82) is 0 Å². The average molecular weight is 383 g/mol. The van der Waals surface area contributed by atoms with Gasteiger partial charge in [0.1, 0.15) is 5.58 Å². The molecule has 0 spiro atoms. The molecule has 27 heavy (non-hydrogen) atoms. The number of hydrogen-bond acceptors (Lipinski definition) is 4. The maximum absolute atomic E-state index is 13.2. The quantitative estimate of drug-likeness (QED) is 0.678. The molecule has 2 aromatic carbocycles. The molecule has 0 saturated carbocycles. The Labute approximate surface area is 158 Å². The van der Waals surface area contributed by atoms with Crippen LogP contribution < -0.4 is 0 Å². The summed E-state index contributed by atoms with van der Waals surface area (Å²) in [6.07, 6.45) is 1.15. The SMILES string of the molecule is O=C(c1cc2ccccc2o1)N(CCc1ccccc1)C1CCS(=O)(=O)C1. The lowest BCUT2D eigenvalue weighted by molar-refractivity contribution is 0.0669. The number of hydrogen-bond donors (Lipinski definition) is 0. The topological polar surface area (TPSA) is 67.6 Å². The van der Waals surface area contributed by atoms with Gasteiger partial charge in [-0.3, -0.25) is 4.79 Å². The van der Waals surface area contributed by atoms with Crippen LogP contribution in [-0.4, -0.2) is 43.3 Å². The van der Waals surface area contributed by atoms with Gasteiger partial charge >= 0.3 is 0 Å². The van der Waals surface area contributed by atoms with Gasteiger partial charge in [0.2, 0.25) is 0 Å². The molecule has 0 aliphatic carbocycles. The number of amides is 1. The number of nitrogens with zero attached hydrogens (tertiary/aromatic N) is 1. The number of benzene rings is 2. The van der Waals surface area contributed by atoms with Crippen LogP contribution in [-0.2, 0) is 16.3 Å². The monoisotopic (exact) mass is 383 g/mol. The summed E-state index contributed by atoms with van der Waals surface area (Å²) in [6.45, 7) is 0.458. The van der Waals surface area contributed by atoms with Crippen LogP contribution in [0.3, 0.4) is 0 Å². The number of furan rings is 1. The molecule has 1 atom stereocenters. The molecule has 0 radical (unpaired) electrons. The zero-order valence-electron chi connectivity index (χ0n) is 14.9. The van der Waals surface area contributed by atoms with Crippen molar-refractivity contribution in [1.82, 2.24) is 4.90 Å². The number of rotatable bonds is 5. The van der Waals surface area contributed by atoms with Crippen molar-refractivity contribution in [3.63, 3.8) is 0 Å². The molecule has 1 saturated heterocycles. The van der Waals surface area contributed by atoms with E-state index in [-0.39, 0.29) is 29.2 Å². The normalized spacial score (nSPS) is 18.6. The van der Waals surface area contributed by atoms with E-state index in [9.17, 15) is 13.2 Å². The van der Waals surface area contributed by atoms with E-state index >= 15 is 0 Å². The maximum Gasteiger partial charge on any atom is 0.289 e. The zero-order valence-corrected chi connectivity index (χ0v) is 15.7. The zero-order chi connectivity index (χ0) is 18.9. The molecule has 140 valence electrons. The summed E-state index contributed by atoms with van der Waals surface area (Å²) in [5.41, 5.74) is 1.77. The maximum atomic E-state index is 13.2. The predicted octanol–water partition coefficient (Wildman–Crippen LogP) is 3.30. The largest absolute Gasteiger partial charge is 0.451 e. The van der Waals surface area contributed by atoms with Gasteiger partial charge in [-0.1, -0.05) is 48.5 Å². The Hall–Kier alpha value is -2.60. The van der Waals surface area contributed by atoms with E-state index < -0.39 is 9.84 Å². The molecule has 6 heteroatoms. The summed E-state index contributed by atoms with van der Waals surface area (Å²) < 4.78 is 29.7. The fraction of sp³-hybridized carbons (Fsp3) is 0.286. The average Bonchev–Trinajstić information content (AvgIpc) is 3.25. The second-order valence-electron chi connectivity index (χ2n) is 6.94. The Bertz CT molecular complexity index is 1020. The Balaban J connectivity index is 1.60. The van der Waals surface area contributed by atoms with Crippen LogP contribution in [0.4, 0.5) is 0 Å². The first-order chi connectivity index (χ1) is 13.0. The molecule has 0 N–H and O–H groups in total. The van der Waals surface area contributed by atoms with Gasteiger partial charge in [0.15, 0.2) is 15.6 Å². The third-order valence-corrected chi connectivity index (χ3v) is 6.78. The standard InChI is InChI=1S/C21H21NO4S/c23-21(20-14-17-8-4-5-9-19(17)26-20)22(18-11-13-27(24,25)15-18)12-10-16-6-2-1-3-7-16/h1-9,14,18H,10-13,15H2. The summed E-state index contributed by atoms with van der Waals surface area (Å²) in [5.74, 6) is 0.165. The molecule has 2 heterocycles. The second-order valence-corrected chi connectivity index (χ2v) is 9.17. The first kappa shape index (κ1) is 17.8. The van der Waals surface area contributed by atoms with E-state index in [4.69, 9.17) is 4.42 Å². The molecule has 1 amide bonds. The van der Waals surface area contributed by atoms with Gasteiger partial charge in [-0.05, 0) is 30.5 Å². The predicted molar refractivity (Wildman–Crippen MR) is 104 cm³/mol. The van der Waals surface area contributed by atoms with Crippen molar-refractivity contribution in [2.24, 2.45) is 0 Å². The second kappa shape index (κ2) is 7.19. The lowest BCUT2D eigenvalue weighted by atomic mass is 10.1. The summed E-state index contributed by atoms with van der Waals surface area (Å²) in [5, 5.41) is 0.864. The number of carbonyl (C=O) groups is 1. The Morgan fingerprint density at radius 1 is 1.07 bits per heavy atom. The van der Waals surface area contributed by atoms with Gasteiger partial charge in [-0.2, -0.15) is 0 Å². The molecular formula is C21H21NO4S. The van der Waals surface area contributed by atoms with Crippen LogP contribution >= 0.6 is 0 Å². The van der Waals surface area contributed by atoms with Crippen LogP contribution in [0.15, 0.2) is 65.1 Å². The van der Waals surface area contributed by atoms with Crippen LogP contribution in [0.2, 0.25) is 0 Å². The fourth-order valence-electron chi connectivity index (χ4n) is 3.59. The number of fused-ring (bicyclic) bond motifs is 1. The van der Waals surface area contributed by atoms with Crippen LogP contribution in [0, 0.1) is 0 Å². The molecular weight excluding hydrogens is 362 g/mol. The lowest BCUT2D eigenvalue weighted by Crippen LogP contribution is -2.42. The summed E-state index contributed by atoms with van der Waals surface area (Å²) >= 11 is 0. The van der Waals surface area contributed by atoms with Crippen LogP contribution in [0.25, 0.3) is 11.0 Å². The smallest absolute Gasteiger partial charge is 0.289 e. The molecule has 1 aliphatic heterocycles. The molecule has 1 unspecified atom stereocenters. The summed E-state index contributed by atoms with van der Waals surface area (Å²) in [6, 6.07) is 18.8. The highest BCUT2D eigenvalue weighted by atomic mass is 32.2. The minimum atomic E-state index is -3.09. The summed E-state index contributed by atoms with van der Waals surface area (Å²) in [4.78, 5) is 14.8. The van der Waals surface area contributed by atoms with Crippen molar-refractivity contribution in [2.75, 3.05) is 18.1 Å². The van der Waals surface area contributed by atoms with Crippen molar-refractivity contribution in [3.8, 4) is 0 Å². The van der Waals surface area contributed by atoms with Gasteiger partial charge in [-0.25, -0.2) is 8.42 Å². The first-order valence-electron chi connectivity index (χ1n) is 9.06. The Kier molecular flexibility index (Phi) is 4.74. The van der Waals surface area contributed by atoms with Crippen molar-refractivity contribution in [3.05, 3.63) is 72.0 Å². The van der Waals surface area contributed by atoms with Gasteiger partial charge in [0.05, 0.1) is 11.5 Å². The Morgan fingerprint density at radius 2 is 1.81 bits per heavy atom. The van der Waals surface area contributed by atoms with Crippen LogP contribution in [0.1, 0.15) is 22.5 Å². The third kappa shape index (κ3) is 3.90.